The van der Waals surface area contributed by atoms with E-state index in [1.807, 2.05) is 30.3 Å². The van der Waals surface area contributed by atoms with Crippen LogP contribution in [0.5, 0.6) is 11.5 Å². The molecule has 0 spiro atoms. The molecule has 0 fully saturated rings. The van der Waals surface area contributed by atoms with Crippen LogP contribution in [0.1, 0.15) is 40.4 Å². The number of carbonyl (C=O) groups excluding carboxylic acids is 2. The van der Waals surface area contributed by atoms with Crippen molar-refractivity contribution in [2.24, 2.45) is 0 Å². The van der Waals surface area contributed by atoms with Gasteiger partial charge in [-0.25, -0.2) is 14.1 Å². The first-order valence-electron chi connectivity index (χ1n) is 11.5. The molecule has 0 amide bonds. The summed E-state index contributed by atoms with van der Waals surface area (Å²) in [5.74, 6) is -0.527. The molecule has 1 N–H and O–H groups in total. The number of esters is 2. The summed E-state index contributed by atoms with van der Waals surface area (Å²) >= 11 is 6.29. The predicted octanol–water partition coefficient (Wildman–Crippen LogP) is 4.20. The SMILES string of the molecule is CCOC(=O)c1nnn2c(Cl)c(OCc3ccccc3)ccc12.CCOC(=O)c1nnn2cc(O)ccc12.[CH3-].[Pd]. The van der Waals surface area contributed by atoms with Crippen molar-refractivity contribution >= 4 is 34.6 Å². The number of carbonyl (C=O) groups is 2. The van der Waals surface area contributed by atoms with Crippen LogP contribution >= 0.6 is 11.6 Å². The van der Waals surface area contributed by atoms with Crippen molar-refractivity contribution in [3.05, 3.63) is 90.3 Å². The Morgan fingerprint density at radius 3 is 2.12 bits per heavy atom. The second kappa shape index (κ2) is 14.9. The van der Waals surface area contributed by atoms with Crippen molar-refractivity contribution in [1.29, 1.82) is 0 Å². The van der Waals surface area contributed by atoms with Crippen LogP contribution in [-0.4, -0.2) is 59.9 Å². The van der Waals surface area contributed by atoms with E-state index >= 15 is 0 Å². The molecule has 4 heterocycles. The first kappa shape index (κ1) is 32.2. The molecular weight excluding hydrogens is 634 g/mol. The van der Waals surface area contributed by atoms with Crippen LogP contribution in [0.2, 0.25) is 5.15 Å². The van der Waals surface area contributed by atoms with Crippen LogP contribution < -0.4 is 4.74 Å². The third kappa shape index (κ3) is 7.32. The molecule has 5 aromatic rings. The zero-order valence-electron chi connectivity index (χ0n) is 21.8. The summed E-state index contributed by atoms with van der Waals surface area (Å²) in [6, 6.07) is 16.1. The van der Waals surface area contributed by atoms with Gasteiger partial charge in [-0.1, -0.05) is 52.4 Å². The molecule has 0 aliphatic rings. The minimum atomic E-state index is -0.531. The van der Waals surface area contributed by atoms with Gasteiger partial charge in [-0.15, -0.1) is 10.2 Å². The smallest absolute Gasteiger partial charge is 0.361 e. The standard InChI is InChI=1S/C16H14ClN3O3.C9H9N3O3.CH3.Pd/c1-2-22-16(21)14-12-8-9-13(15(17)20(12)19-18-14)23-10-11-6-4-3-5-7-11;1-2-15-9(14)8-7-4-3-6(13)5-12(7)11-10-8;;/h3-9H,2,10H2,1H3;3-5,13H,2H2,1H3;1H3;/q;;-1;. The van der Waals surface area contributed by atoms with Gasteiger partial charge in [0.2, 0.25) is 0 Å². The molecule has 12 nitrogen and oxygen atoms in total. The average molecular weight is 660 g/mol. The fraction of sp³-hybridized carbons (Fsp3) is 0.192. The molecule has 0 saturated heterocycles. The molecule has 0 saturated carbocycles. The van der Waals surface area contributed by atoms with Gasteiger partial charge in [0.15, 0.2) is 22.3 Å². The van der Waals surface area contributed by atoms with E-state index in [4.69, 9.17) is 25.8 Å². The number of halogens is 1. The van der Waals surface area contributed by atoms with E-state index in [9.17, 15) is 14.7 Å². The fourth-order valence-corrected chi connectivity index (χ4v) is 3.57. The number of nitrogens with zero attached hydrogens (tertiary/aromatic N) is 6. The second-order valence-corrected chi connectivity index (χ2v) is 7.95. The summed E-state index contributed by atoms with van der Waals surface area (Å²) in [5.41, 5.74) is 2.28. The maximum absolute atomic E-state index is 11.8. The Morgan fingerprint density at radius 1 is 0.875 bits per heavy atom. The summed E-state index contributed by atoms with van der Waals surface area (Å²) in [5, 5.41) is 24.5. The van der Waals surface area contributed by atoms with Crippen molar-refractivity contribution in [3.8, 4) is 11.5 Å². The van der Waals surface area contributed by atoms with E-state index in [1.54, 1.807) is 32.0 Å². The van der Waals surface area contributed by atoms with E-state index in [2.05, 4.69) is 20.6 Å². The molecule has 0 aliphatic carbocycles. The van der Waals surface area contributed by atoms with Gasteiger partial charge in [0.25, 0.3) is 0 Å². The van der Waals surface area contributed by atoms with Crippen molar-refractivity contribution < 1.29 is 49.3 Å². The number of ether oxygens (including phenoxy) is 3. The van der Waals surface area contributed by atoms with E-state index in [-0.39, 0.29) is 63.4 Å². The number of hydrogen-bond acceptors (Lipinski definition) is 10. The van der Waals surface area contributed by atoms with Gasteiger partial charge in [0, 0.05) is 20.4 Å². The average Bonchev–Trinajstić information content (AvgIpc) is 3.54. The number of rotatable bonds is 7. The zero-order chi connectivity index (χ0) is 27.1. The molecule has 0 bridgehead atoms. The van der Waals surface area contributed by atoms with Gasteiger partial charge in [-0.05, 0) is 43.7 Å². The molecule has 0 atom stereocenters. The van der Waals surface area contributed by atoms with Crippen LogP contribution in [0.3, 0.4) is 0 Å². The molecule has 0 unspecified atom stereocenters. The number of pyridine rings is 2. The van der Waals surface area contributed by atoms with Crippen molar-refractivity contribution in [1.82, 2.24) is 29.7 Å². The van der Waals surface area contributed by atoms with Crippen LogP contribution in [0, 0.1) is 7.43 Å². The quantitative estimate of drug-likeness (QED) is 0.117. The first-order chi connectivity index (χ1) is 18.4. The van der Waals surface area contributed by atoms with Crippen LogP contribution in [-0.2, 0) is 36.5 Å². The zero-order valence-corrected chi connectivity index (χ0v) is 24.1. The van der Waals surface area contributed by atoms with Gasteiger partial charge in [-0.2, -0.15) is 4.52 Å². The first-order valence-corrected chi connectivity index (χ1v) is 11.9. The van der Waals surface area contributed by atoms with E-state index in [1.165, 1.54) is 21.3 Å². The van der Waals surface area contributed by atoms with Gasteiger partial charge < -0.3 is 26.7 Å². The number of fused-ring (bicyclic) bond motifs is 2. The minimum absolute atomic E-state index is 0. The van der Waals surface area contributed by atoms with Crippen molar-refractivity contribution in [3.63, 3.8) is 0 Å². The Kier molecular flexibility index (Phi) is 12.0. The van der Waals surface area contributed by atoms with E-state index < -0.39 is 11.9 Å². The number of benzene rings is 1. The summed E-state index contributed by atoms with van der Waals surface area (Å²) in [6.07, 6.45) is 1.37. The molecule has 214 valence electrons. The Balaban J connectivity index is 0.000000288. The largest absolute Gasteiger partial charge is 0.506 e. The molecule has 0 aliphatic heterocycles. The van der Waals surface area contributed by atoms with Crippen LogP contribution in [0.4, 0.5) is 0 Å². The molecular formula is C26H26ClN6O6Pd-. The van der Waals surface area contributed by atoms with E-state index in [0.717, 1.165) is 5.56 Å². The normalized spacial score (nSPS) is 10.1. The number of hydrogen-bond donors (Lipinski definition) is 1. The van der Waals surface area contributed by atoms with Gasteiger partial charge in [0.05, 0.1) is 19.4 Å². The maximum Gasteiger partial charge on any atom is 0.361 e. The Labute approximate surface area is 248 Å². The molecule has 4 aromatic heterocycles. The molecule has 5 rings (SSSR count). The van der Waals surface area contributed by atoms with Crippen molar-refractivity contribution in [2.75, 3.05) is 13.2 Å². The van der Waals surface area contributed by atoms with E-state index in [0.29, 0.717) is 23.4 Å². The summed E-state index contributed by atoms with van der Waals surface area (Å²) < 4.78 is 18.1. The Hall–Kier alpha value is -4.05. The van der Waals surface area contributed by atoms with Gasteiger partial charge in [-0.3, -0.25) is 0 Å². The Morgan fingerprint density at radius 2 is 1.48 bits per heavy atom. The summed E-state index contributed by atoms with van der Waals surface area (Å²) in [6.45, 7) is 4.38. The predicted molar refractivity (Wildman–Crippen MR) is 142 cm³/mol. The monoisotopic (exact) mass is 659 g/mol. The van der Waals surface area contributed by atoms with Gasteiger partial charge in [0.1, 0.15) is 23.4 Å². The molecule has 1 aromatic carbocycles. The van der Waals surface area contributed by atoms with Gasteiger partial charge >= 0.3 is 11.9 Å². The fourth-order valence-electron chi connectivity index (χ4n) is 3.33. The van der Waals surface area contributed by atoms with Crippen molar-refractivity contribution in [2.45, 2.75) is 20.5 Å². The topological polar surface area (TPSA) is 142 Å². The number of aromatic nitrogens is 6. The summed E-state index contributed by atoms with van der Waals surface area (Å²) in [7, 11) is 0. The summed E-state index contributed by atoms with van der Waals surface area (Å²) in [4.78, 5) is 23.2. The molecule has 14 heteroatoms. The number of aromatic hydroxyl groups is 1. The third-order valence-electron chi connectivity index (χ3n) is 5.06. The molecule has 0 radical (unpaired) electrons. The third-order valence-corrected chi connectivity index (χ3v) is 5.40. The van der Waals surface area contributed by atoms with Crippen LogP contribution in [0.15, 0.2) is 60.8 Å². The minimum Gasteiger partial charge on any atom is -0.506 e. The maximum atomic E-state index is 11.8. The Bertz CT molecular complexity index is 1580. The second-order valence-electron chi connectivity index (χ2n) is 7.59. The molecule has 40 heavy (non-hydrogen) atoms. The van der Waals surface area contributed by atoms with Crippen LogP contribution in [0.25, 0.3) is 11.0 Å².